The van der Waals surface area contributed by atoms with Crippen LogP contribution in [0.2, 0.25) is 5.02 Å². The van der Waals surface area contributed by atoms with Gasteiger partial charge in [-0.15, -0.1) is 0 Å². The number of hydrogen-bond donors (Lipinski definition) is 0. The third-order valence-corrected chi connectivity index (χ3v) is 4.38. The number of hydrogen-bond acceptors (Lipinski definition) is 0. The molecule has 0 radical (unpaired) electrons. The highest BCUT2D eigenvalue weighted by Gasteiger charge is 2.02. The lowest BCUT2D eigenvalue weighted by Crippen LogP contribution is -1.81. The maximum absolute atomic E-state index is 5.97. The van der Waals surface area contributed by atoms with Crippen LogP contribution in [0.25, 0.3) is 33.0 Å². The Labute approximate surface area is 141 Å². The topological polar surface area (TPSA) is 0 Å². The van der Waals surface area contributed by atoms with Gasteiger partial charge in [-0.3, -0.25) is 0 Å². The minimum Gasteiger partial charge on any atom is -0.0843 e. The predicted molar refractivity (Wildman–Crippen MR) is 99.8 cm³/mol. The van der Waals surface area contributed by atoms with Crippen LogP contribution in [-0.2, 0) is 0 Å². The zero-order chi connectivity index (χ0) is 15.6. The van der Waals surface area contributed by atoms with Crippen molar-refractivity contribution in [2.75, 3.05) is 0 Å². The maximum atomic E-state index is 5.97. The lowest BCUT2D eigenvalue weighted by atomic mass is 9.98. The third kappa shape index (κ3) is 2.86. The molecule has 0 aliphatic heterocycles. The SMILES string of the molecule is Clc1ccc(-c2ccc3cc(-c4ccccc4)ccc3c2)cc1. The minimum absolute atomic E-state index is 0.766. The fourth-order valence-electron chi connectivity index (χ4n) is 2.88. The van der Waals surface area contributed by atoms with Gasteiger partial charge >= 0.3 is 0 Å². The molecule has 4 aromatic carbocycles. The zero-order valence-electron chi connectivity index (χ0n) is 12.5. The van der Waals surface area contributed by atoms with Gasteiger partial charge in [0.1, 0.15) is 0 Å². The van der Waals surface area contributed by atoms with Crippen molar-refractivity contribution in [3.63, 3.8) is 0 Å². The van der Waals surface area contributed by atoms with Crippen LogP contribution in [-0.4, -0.2) is 0 Å². The van der Waals surface area contributed by atoms with Crippen molar-refractivity contribution < 1.29 is 0 Å². The number of halogens is 1. The van der Waals surface area contributed by atoms with E-state index < -0.39 is 0 Å². The molecule has 0 saturated carbocycles. The van der Waals surface area contributed by atoms with Crippen molar-refractivity contribution in [3.05, 3.63) is 96.0 Å². The van der Waals surface area contributed by atoms with E-state index in [-0.39, 0.29) is 0 Å². The van der Waals surface area contributed by atoms with Crippen molar-refractivity contribution in [1.82, 2.24) is 0 Å². The van der Waals surface area contributed by atoms with E-state index in [1.54, 1.807) is 0 Å². The zero-order valence-corrected chi connectivity index (χ0v) is 13.3. The highest BCUT2D eigenvalue weighted by molar-refractivity contribution is 6.30. The Bertz CT molecular complexity index is 954. The molecular weight excluding hydrogens is 300 g/mol. The average molecular weight is 315 g/mol. The van der Waals surface area contributed by atoms with E-state index >= 15 is 0 Å². The first kappa shape index (κ1) is 14.0. The fourth-order valence-corrected chi connectivity index (χ4v) is 3.00. The molecule has 23 heavy (non-hydrogen) atoms. The Balaban J connectivity index is 1.77. The van der Waals surface area contributed by atoms with Crippen LogP contribution in [0.5, 0.6) is 0 Å². The summed E-state index contributed by atoms with van der Waals surface area (Å²) < 4.78 is 0. The van der Waals surface area contributed by atoms with E-state index in [1.165, 1.54) is 33.0 Å². The largest absolute Gasteiger partial charge is 0.0843 e. The van der Waals surface area contributed by atoms with Crippen LogP contribution in [0.1, 0.15) is 0 Å². The predicted octanol–water partition coefficient (Wildman–Crippen LogP) is 6.83. The first-order valence-corrected chi connectivity index (χ1v) is 8.03. The Kier molecular flexibility index (Phi) is 3.61. The molecule has 0 bridgehead atoms. The van der Waals surface area contributed by atoms with Gasteiger partial charge in [0.15, 0.2) is 0 Å². The minimum atomic E-state index is 0.766. The standard InChI is InChI=1S/C22H15Cl/c23-22-12-10-17(11-13-22)19-7-9-20-14-18(6-8-21(20)15-19)16-4-2-1-3-5-16/h1-15H. The van der Waals surface area contributed by atoms with Gasteiger partial charge in [0.2, 0.25) is 0 Å². The molecule has 0 nitrogen and oxygen atoms in total. The second kappa shape index (κ2) is 5.91. The highest BCUT2D eigenvalue weighted by atomic mass is 35.5. The molecule has 0 aliphatic rings. The second-order valence-corrected chi connectivity index (χ2v) is 6.09. The second-order valence-electron chi connectivity index (χ2n) is 5.65. The van der Waals surface area contributed by atoms with Crippen molar-refractivity contribution in [2.45, 2.75) is 0 Å². The van der Waals surface area contributed by atoms with Crippen molar-refractivity contribution in [1.29, 1.82) is 0 Å². The Morgan fingerprint density at radius 2 is 0.913 bits per heavy atom. The molecule has 0 spiro atoms. The summed E-state index contributed by atoms with van der Waals surface area (Å²) in [7, 11) is 0. The summed E-state index contributed by atoms with van der Waals surface area (Å²) in [6.45, 7) is 0. The van der Waals surface area contributed by atoms with Crippen LogP contribution in [0.4, 0.5) is 0 Å². The van der Waals surface area contributed by atoms with Crippen LogP contribution >= 0.6 is 11.6 Å². The van der Waals surface area contributed by atoms with Gasteiger partial charge in [0.25, 0.3) is 0 Å². The number of fused-ring (bicyclic) bond motifs is 1. The van der Waals surface area contributed by atoms with Crippen LogP contribution in [0, 0.1) is 0 Å². The monoisotopic (exact) mass is 314 g/mol. The summed E-state index contributed by atoms with van der Waals surface area (Å²) in [5.41, 5.74) is 4.89. The molecule has 0 fully saturated rings. The summed E-state index contributed by atoms with van der Waals surface area (Å²) in [6, 6.07) is 31.7. The summed E-state index contributed by atoms with van der Waals surface area (Å²) in [4.78, 5) is 0. The van der Waals surface area contributed by atoms with E-state index in [4.69, 9.17) is 11.6 Å². The molecule has 0 saturated heterocycles. The fraction of sp³-hybridized carbons (Fsp3) is 0. The lowest BCUT2D eigenvalue weighted by Gasteiger charge is -2.07. The highest BCUT2D eigenvalue weighted by Crippen LogP contribution is 2.29. The smallest absolute Gasteiger partial charge is 0.0406 e. The first-order chi connectivity index (χ1) is 11.3. The molecule has 0 aliphatic carbocycles. The van der Waals surface area contributed by atoms with E-state index in [2.05, 4.69) is 72.8 Å². The van der Waals surface area contributed by atoms with E-state index in [1.807, 2.05) is 18.2 Å². The number of benzene rings is 4. The average Bonchev–Trinajstić information content (AvgIpc) is 2.62. The van der Waals surface area contributed by atoms with Gasteiger partial charge in [-0.05, 0) is 57.3 Å². The normalized spacial score (nSPS) is 10.8. The van der Waals surface area contributed by atoms with Crippen LogP contribution in [0.15, 0.2) is 91.0 Å². The molecule has 0 amide bonds. The van der Waals surface area contributed by atoms with Gasteiger partial charge in [-0.1, -0.05) is 78.3 Å². The molecule has 1 heteroatoms. The van der Waals surface area contributed by atoms with Crippen LogP contribution in [0.3, 0.4) is 0 Å². The maximum Gasteiger partial charge on any atom is 0.0406 e. The van der Waals surface area contributed by atoms with Gasteiger partial charge in [-0.25, -0.2) is 0 Å². The van der Waals surface area contributed by atoms with Gasteiger partial charge in [0, 0.05) is 5.02 Å². The van der Waals surface area contributed by atoms with E-state index in [0.29, 0.717) is 0 Å². The van der Waals surface area contributed by atoms with E-state index in [0.717, 1.165) is 5.02 Å². The Hall–Kier alpha value is -2.57. The summed E-state index contributed by atoms with van der Waals surface area (Å²) in [5, 5.41) is 3.27. The van der Waals surface area contributed by atoms with Gasteiger partial charge < -0.3 is 0 Å². The molecule has 110 valence electrons. The van der Waals surface area contributed by atoms with Crippen molar-refractivity contribution >= 4 is 22.4 Å². The Morgan fingerprint density at radius 1 is 0.435 bits per heavy atom. The molecule has 0 heterocycles. The molecule has 0 atom stereocenters. The molecule has 0 aromatic heterocycles. The van der Waals surface area contributed by atoms with Gasteiger partial charge in [-0.2, -0.15) is 0 Å². The van der Waals surface area contributed by atoms with Crippen molar-refractivity contribution in [3.8, 4) is 22.3 Å². The first-order valence-electron chi connectivity index (χ1n) is 7.65. The van der Waals surface area contributed by atoms with Gasteiger partial charge in [0.05, 0.1) is 0 Å². The molecular formula is C22H15Cl. The lowest BCUT2D eigenvalue weighted by molar-refractivity contribution is 1.62. The summed E-state index contributed by atoms with van der Waals surface area (Å²) in [5.74, 6) is 0. The van der Waals surface area contributed by atoms with Crippen molar-refractivity contribution in [2.24, 2.45) is 0 Å². The summed E-state index contributed by atoms with van der Waals surface area (Å²) >= 11 is 5.97. The molecule has 0 N–H and O–H groups in total. The molecule has 4 rings (SSSR count). The van der Waals surface area contributed by atoms with Crippen LogP contribution < -0.4 is 0 Å². The molecule has 4 aromatic rings. The van der Waals surface area contributed by atoms with E-state index in [9.17, 15) is 0 Å². The molecule has 0 unspecified atom stereocenters. The number of rotatable bonds is 2. The quantitative estimate of drug-likeness (QED) is 0.380. The third-order valence-electron chi connectivity index (χ3n) is 4.12. The Morgan fingerprint density at radius 3 is 1.48 bits per heavy atom. The summed E-state index contributed by atoms with van der Waals surface area (Å²) in [6.07, 6.45) is 0.